The van der Waals surface area contributed by atoms with E-state index in [1.807, 2.05) is 6.07 Å². The standard InChI is InChI=1S/C15H18N2O6S/c1-4-23-12(18)5-10-9-24-15(11(10)6-16)17(7-13(19)21-2)8-14(20)22-3/h9H,4-5,7-8H2,1-3H3. The van der Waals surface area contributed by atoms with Crippen LogP contribution in [-0.2, 0) is 35.0 Å². The van der Waals surface area contributed by atoms with Gasteiger partial charge in [-0.2, -0.15) is 5.26 Å². The second-order valence-corrected chi connectivity index (χ2v) is 5.40. The van der Waals surface area contributed by atoms with Gasteiger partial charge in [-0.05, 0) is 17.9 Å². The second kappa shape index (κ2) is 9.52. The summed E-state index contributed by atoms with van der Waals surface area (Å²) in [6.45, 7) is 1.49. The van der Waals surface area contributed by atoms with Crippen molar-refractivity contribution in [2.45, 2.75) is 13.3 Å². The molecule has 0 spiro atoms. The van der Waals surface area contributed by atoms with Crippen LogP contribution in [0.3, 0.4) is 0 Å². The topological polar surface area (TPSA) is 106 Å². The van der Waals surface area contributed by atoms with Gasteiger partial charge >= 0.3 is 17.9 Å². The molecule has 130 valence electrons. The largest absolute Gasteiger partial charge is 0.468 e. The van der Waals surface area contributed by atoms with E-state index in [0.29, 0.717) is 10.6 Å². The summed E-state index contributed by atoms with van der Waals surface area (Å²) < 4.78 is 14.1. The van der Waals surface area contributed by atoms with Crippen LogP contribution >= 0.6 is 11.3 Å². The van der Waals surface area contributed by atoms with Crippen LogP contribution in [0.25, 0.3) is 0 Å². The number of thiophene rings is 1. The lowest BCUT2D eigenvalue weighted by Crippen LogP contribution is -2.35. The Labute approximate surface area is 143 Å². The average Bonchev–Trinajstić information content (AvgIpc) is 2.96. The maximum absolute atomic E-state index is 11.6. The van der Waals surface area contributed by atoms with Crippen molar-refractivity contribution in [1.29, 1.82) is 5.26 Å². The molecular weight excluding hydrogens is 336 g/mol. The maximum Gasteiger partial charge on any atom is 0.325 e. The Morgan fingerprint density at radius 2 is 1.75 bits per heavy atom. The lowest BCUT2D eigenvalue weighted by molar-refractivity contribution is -0.142. The summed E-state index contributed by atoms with van der Waals surface area (Å²) in [6, 6.07) is 2.01. The molecule has 0 fully saturated rings. The lowest BCUT2D eigenvalue weighted by atomic mass is 10.1. The molecule has 0 aliphatic carbocycles. The molecule has 0 saturated heterocycles. The molecule has 0 aliphatic rings. The molecule has 0 radical (unpaired) electrons. The fourth-order valence-electron chi connectivity index (χ4n) is 1.87. The Balaban J connectivity index is 3.11. The summed E-state index contributed by atoms with van der Waals surface area (Å²) in [5, 5.41) is 11.4. The summed E-state index contributed by atoms with van der Waals surface area (Å²) in [7, 11) is 2.45. The minimum Gasteiger partial charge on any atom is -0.468 e. The zero-order chi connectivity index (χ0) is 18.1. The summed E-state index contributed by atoms with van der Waals surface area (Å²) in [4.78, 5) is 36.1. The van der Waals surface area contributed by atoms with E-state index in [0.717, 1.165) is 11.3 Å². The van der Waals surface area contributed by atoms with E-state index < -0.39 is 17.9 Å². The first kappa shape index (κ1) is 19.4. The number of nitriles is 1. The van der Waals surface area contributed by atoms with E-state index in [-0.39, 0.29) is 31.7 Å². The highest BCUT2D eigenvalue weighted by atomic mass is 32.1. The summed E-state index contributed by atoms with van der Waals surface area (Å²) in [5.74, 6) is -1.59. The van der Waals surface area contributed by atoms with Gasteiger partial charge in [-0.1, -0.05) is 0 Å². The van der Waals surface area contributed by atoms with Crippen molar-refractivity contribution in [3.63, 3.8) is 0 Å². The van der Waals surface area contributed by atoms with Crippen molar-refractivity contribution in [3.05, 3.63) is 16.5 Å². The molecule has 1 rings (SSSR count). The zero-order valence-corrected chi connectivity index (χ0v) is 14.5. The fraction of sp³-hybridized carbons (Fsp3) is 0.467. The molecule has 8 nitrogen and oxygen atoms in total. The van der Waals surface area contributed by atoms with E-state index in [9.17, 15) is 19.6 Å². The lowest BCUT2D eigenvalue weighted by Gasteiger charge is -2.20. The number of anilines is 1. The monoisotopic (exact) mass is 354 g/mol. The maximum atomic E-state index is 11.6. The van der Waals surface area contributed by atoms with Gasteiger partial charge in [0.15, 0.2) is 0 Å². The van der Waals surface area contributed by atoms with Gasteiger partial charge in [0.1, 0.15) is 24.2 Å². The van der Waals surface area contributed by atoms with E-state index in [1.54, 1.807) is 12.3 Å². The molecule has 1 aromatic heterocycles. The van der Waals surface area contributed by atoms with E-state index >= 15 is 0 Å². The minimum absolute atomic E-state index is 0.0580. The highest BCUT2D eigenvalue weighted by Gasteiger charge is 2.23. The van der Waals surface area contributed by atoms with Crippen LogP contribution in [0.15, 0.2) is 5.38 Å². The summed E-state index contributed by atoms with van der Waals surface area (Å²) >= 11 is 1.15. The Morgan fingerprint density at radius 3 is 2.21 bits per heavy atom. The molecule has 0 aliphatic heterocycles. The number of carbonyl (C=O) groups excluding carboxylic acids is 3. The van der Waals surface area contributed by atoms with Crippen LogP contribution in [0.4, 0.5) is 5.00 Å². The number of ether oxygens (including phenoxy) is 3. The van der Waals surface area contributed by atoms with Crippen molar-refractivity contribution in [2.24, 2.45) is 0 Å². The summed E-state index contributed by atoms with van der Waals surface area (Å²) in [6.07, 6.45) is -0.0580. The molecular formula is C15H18N2O6S. The number of hydrogen-bond donors (Lipinski definition) is 0. The Morgan fingerprint density at radius 1 is 1.17 bits per heavy atom. The third-order valence-electron chi connectivity index (χ3n) is 2.98. The van der Waals surface area contributed by atoms with Gasteiger partial charge in [0.25, 0.3) is 0 Å². The molecule has 0 amide bonds. The van der Waals surface area contributed by atoms with Gasteiger partial charge in [0.05, 0.1) is 32.8 Å². The Bertz CT molecular complexity index is 631. The Kier molecular flexibility index (Phi) is 7.71. The minimum atomic E-state index is -0.567. The molecule has 0 bridgehead atoms. The molecule has 0 unspecified atom stereocenters. The van der Waals surface area contributed by atoms with Crippen molar-refractivity contribution < 1.29 is 28.6 Å². The predicted octanol–water partition coefficient (Wildman–Crippen LogP) is 0.878. The van der Waals surface area contributed by atoms with Gasteiger partial charge in [-0.3, -0.25) is 14.4 Å². The Hall–Kier alpha value is -2.60. The van der Waals surface area contributed by atoms with Crippen LogP contribution in [0, 0.1) is 11.3 Å². The molecule has 0 aromatic carbocycles. The molecule has 1 heterocycles. The molecule has 1 aromatic rings. The van der Waals surface area contributed by atoms with E-state index in [4.69, 9.17) is 4.74 Å². The molecule has 24 heavy (non-hydrogen) atoms. The van der Waals surface area contributed by atoms with Gasteiger partial charge in [-0.15, -0.1) is 11.3 Å². The van der Waals surface area contributed by atoms with Gasteiger partial charge in [-0.25, -0.2) is 0 Å². The van der Waals surface area contributed by atoms with Gasteiger partial charge < -0.3 is 19.1 Å². The van der Waals surface area contributed by atoms with Crippen molar-refractivity contribution in [3.8, 4) is 6.07 Å². The normalized spacial score (nSPS) is 9.75. The van der Waals surface area contributed by atoms with Crippen LogP contribution < -0.4 is 4.90 Å². The number of methoxy groups -OCH3 is 2. The zero-order valence-electron chi connectivity index (χ0n) is 13.7. The van der Waals surface area contributed by atoms with Gasteiger partial charge in [0, 0.05) is 0 Å². The number of nitrogens with zero attached hydrogens (tertiary/aromatic N) is 2. The SMILES string of the molecule is CCOC(=O)Cc1csc(N(CC(=O)OC)CC(=O)OC)c1C#N. The third-order valence-corrected chi connectivity index (χ3v) is 4.07. The van der Waals surface area contributed by atoms with E-state index in [1.165, 1.54) is 19.1 Å². The molecule has 0 N–H and O–H groups in total. The molecule has 0 atom stereocenters. The van der Waals surface area contributed by atoms with Crippen LogP contribution in [0.5, 0.6) is 0 Å². The first-order valence-electron chi connectivity index (χ1n) is 7.01. The van der Waals surface area contributed by atoms with Crippen LogP contribution in [0.2, 0.25) is 0 Å². The molecule has 0 saturated carbocycles. The van der Waals surface area contributed by atoms with Crippen molar-refractivity contribution >= 4 is 34.2 Å². The fourth-order valence-corrected chi connectivity index (χ4v) is 2.90. The highest BCUT2D eigenvalue weighted by Crippen LogP contribution is 2.31. The van der Waals surface area contributed by atoms with E-state index in [2.05, 4.69) is 9.47 Å². The number of carbonyl (C=O) groups is 3. The van der Waals surface area contributed by atoms with Crippen LogP contribution in [-0.4, -0.2) is 51.8 Å². The smallest absolute Gasteiger partial charge is 0.325 e. The first-order valence-corrected chi connectivity index (χ1v) is 7.89. The quantitative estimate of drug-likeness (QED) is 0.500. The van der Waals surface area contributed by atoms with Crippen molar-refractivity contribution in [1.82, 2.24) is 0 Å². The van der Waals surface area contributed by atoms with Gasteiger partial charge in [0.2, 0.25) is 0 Å². The van der Waals surface area contributed by atoms with Crippen molar-refractivity contribution in [2.75, 3.05) is 38.8 Å². The number of rotatable bonds is 8. The number of esters is 3. The average molecular weight is 354 g/mol. The second-order valence-electron chi connectivity index (χ2n) is 4.54. The summed E-state index contributed by atoms with van der Waals surface area (Å²) in [5.41, 5.74) is 0.705. The highest BCUT2D eigenvalue weighted by molar-refractivity contribution is 7.14. The third kappa shape index (κ3) is 5.24. The van der Waals surface area contributed by atoms with Crippen LogP contribution in [0.1, 0.15) is 18.1 Å². The number of hydrogen-bond acceptors (Lipinski definition) is 9. The first-order chi connectivity index (χ1) is 11.5. The molecule has 9 heteroatoms. The predicted molar refractivity (Wildman–Crippen MR) is 85.6 cm³/mol.